The highest BCUT2D eigenvalue weighted by Crippen LogP contribution is 2.30. The lowest BCUT2D eigenvalue weighted by Gasteiger charge is -2.33. The van der Waals surface area contributed by atoms with Gasteiger partial charge in [-0.15, -0.1) is 0 Å². The molecule has 1 rings (SSSR count). The molecule has 0 bridgehead atoms. The molecule has 1 heterocycles. The molecule has 2 nitrogen and oxygen atoms in total. The summed E-state index contributed by atoms with van der Waals surface area (Å²) in [6, 6.07) is 0.584. The van der Waals surface area contributed by atoms with Crippen LogP contribution in [-0.4, -0.2) is 26.3 Å². The normalized spacial score (nSPS) is 29.1. The Morgan fingerprint density at radius 2 is 2.07 bits per heavy atom. The molecule has 0 aromatic carbocycles. The van der Waals surface area contributed by atoms with Gasteiger partial charge in [0, 0.05) is 13.2 Å². The molecule has 0 aromatic heterocycles. The number of hydrogen-bond donors (Lipinski definition) is 1. The third-order valence-electron chi connectivity index (χ3n) is 2.87. The number of piperidine rings is 1. The second-order valence-corrected chi connectivity index (χ2v) is 5.76. The number of methoxy groups -OCH3 is 1. The first-order chi connectivity index (χ1) is 6.51. The van der Waals surface area contributed by atoms with Crippen LogP contribution in [0.15, 0.2) is 0 Å². The van der Waals surface area contributed by atoms with Crippen molar-refractivity contribution in [2.75, 3.05) is 20.3 Å². The van der Waals surface area contributed by atoms with E-state index in [4.69, 9.17) is 4.74 Å². The van der Waals surface area contributed by atoms with Crippen molar-refractivity contribution in [2.24, 2.45) is 11.3 Å². The molecule has 0 aromatic rings. The van der Waals surface area contributed by atoms with Crippen LogP contribution in [-0.2, 0) is 4.74 Å². The van der Waals surface area contributed by atoms with Crippen molar-refractivity contribution in [1.82, 2.24) is 5.32 Å². The van der Waals surface area contributed by atoms with Gasteiger partial charge in [-0.25, -0.2) is 0 Å². The quantitative estimate of drug-likeness (QED) is 0.754. The van der Waals surface area contributed by atoms with E-state index in [-0.39, 0.29) is 0 Å². The Balaban J connectivity index is 2.32. The number of nitrogens with one attached hydrogen (secondary N) is 1. The van der Waals surface area contributed by atoms with Gasteiger partial charge in [-0.3, -0.25) is 0 Å². The fraction of sp³-hybridized carbons (Fsp3) is 1.00. The molecule has 2 heteroatoms. The molecular weight excluding hydrogens is 174 g/mol. The number of rotatable bonds is 3. The van der Waals surface area contributed by atoms with Crippen molar-refractivity contribution in [3.05, 3.63) is 0 Å². The van der Waals surface area contributed by atoms with Gasteiger partial charge in [0.2, 0.25) is 0 Å². The number of hydrogen-bond acceptors (Lipinski definition) is 2. The summed E-state index contributed by atoms with van der Waals surface area (Å²) in [4.78, 5) is 0. The summed E-state index contributed by atoms with van der Waals surface area (Å²) in [7, 11) is 1.79. The standard InChI is InChI=1S/C12H25NO/c1-12(2,3)8-10-5-6-13-11(7-10)9-14-4/h10-11,13H,5-9H2,1-4H3. The van der Waals surface area contributed by atoms with E-state index in [9.17, 15) is 0 Å². The highest BCUT2D eigenvalue weighted by atomic mass is 16.5. The smallest absolute Gasteiger partial charge is 0.0615 e. The fourth-order valence-corrected chi connectivity index (χ4v) is 2.47. The van der Waals surface area contributed by atoms with E-state index in [1.165, 1.54) is 19.3 Å². The molecule has 2 atom stereocenters. The third kappa shape index (κ3) is 4.43. The minimum Gasteiger partial charge on any atom is -0.383 e. The van der Waals surface area contributed by atoms with Gasteiger partial charge >= 0.3 is 0 Å². The van der Waals surface area contributed by atoms with E-state index in [1.807, 2.05) is 0 Å². The lowest BCUT2D eigenvalue weighted by atomic mass is 9.79. The Bertz CT molecular complexity index is 160. The van der Waals surface area contributed by atoms with Gasteiger partial charge in [0.1, 0.15) is 0 Å². The molecule has 0 aliphatic carbocycles. The van der Waals surface area contributed by atoms with Crippen molar-refractivity contribution in [1.29, 1.82) is 0 Å². The predicted molar refractivity (Wildman–Crippen MR) is 60.5 cm³/mol. The van der Waals surface area contributed by atoms with E-state index >= 15 is 0 Å². The maximum atomic E-state index is 5.20. The molecule has 84 valence electrons. The topological polar surface area (TPSA) is 21.3 Å². The van der Waals surface area contributed by atoms with Gasteiger partial charge in [0.05, 0.1) is 6.61 Å². The van der Waals surface area contributed by atoms with Gasteiger partial charge in [-0.1, -0.05) is 20.8 Å². The summed E-state index contributed by atoms with van der Waals surface area (Å²) < 4.78 is 5.20. The Kier molecular flexibility index (Phi) is 4.39. The second kappa shape index (κ2) is 5.13. The summed E-state index contributed by atoms with van der Waals surface area (Å²) in [5.74, 6) is 0.886. The van der Waals surface area contributed by atoms with Gasteiger partial charge in [0.15, 0.2) is 0 Å². The van der Waals surface area contributed by atoms with Crippen molar-refractivity contribution in [2.45, 2.75) is 46.1 Å². The van der Waals surface area contributed by atoms with Crippen LogP contribution in [0.2, 0.25) is 0 Å². The molecule has 1 N–H and O–H groups in total. The van der Waals surface area contributed by atoms with Crippen LogP contribution in [0, 0.1) is 11.3 Å². The van der Waals surface area contributed by atoms with Crippen molar-refractivity contribution >= 4 is 0 Å². The SMILES string of the molecule is COCC1CC(CC(C)(C)C)CCN1. The largest absolute Gasteiger partial charge is 0.383 e. The van der Waals surface area contributed by atoms with Crippen molar-refractivity contribution in [3.8, 4) is 0 Å². The molecule has 0 saturated carbocycles. The molecule has 1 aliphatic rings. The highest BCUT2D eigenvalue weighted by Gasteiger charge is 2.25. The van der Waals surface area contributed by atoms with Crippen LogP contribution in [0.5, 0.6) is 0 Å². The van der Waals surface area contributed by atoms with Crippen molar-refractivity contribution < 1.29 is 4.74 Å². The zero-order chi connectivity index (χ0) is 10.6. The van der Waals surface area contributed by atoms with Crippen LogP contribution in [0.4, 0.5) is 0 Å². The van der Waals surface area contributed by atoms with E-state index in [0.29, 0.717) is 11.5 Å². The minimum absolute atomic E-state index is 0.472. The van der Waals surface area contributed by atoms with Gasteiger partial charge in [-0.05, 0) is 37.1 Å². The van der Waals surface area contributed by atoms with Crippen LogP contribution in [0.3, 0.4) is 0 Å². The second-order valence-electron chi connectivity index (χ2n) is 5.76. The highest BCUT2D eigenvalue weighted by molar-refractivity contribution is 4.80. The lowest BCUT2D eigenvalue weighted by Crippen LogP contribution is -2.41. The van der Waals surface area contributed by atoms with Crippen LogP contribution >= 0.6 is 0 Å². The summed E-state index contributed by atoms with van der Waals surface area (Å²) in [5.41, 5.74) is 0.472. The first-order valence-electron chi connectivity index (χ1n) is 5.73. The fourth-order valence-electron chi connectivity index (χ4n) is 2.47. The Morgan fingerprint density at radius 1 is 1.36 bits per heavy atom. The van der Waals surface area contributed by atoms with Gasteiger partial charge in [0.25, 0.3) is 0 Å². The van der Waals surface area contributed by atoms with Crippen LogP contribution in [0.25, 0.3) is 0 Å². The van der Waals surface area contributed by atoms with Crippen LogP contribution in [0.1, 0.15) is 40.0 Å². The average molecular weight is 199 g/mol. The maximum Gasteiger partial charge on any atom is 0.0615 e. The summed E-state index contributed by atoms with van der Waals surface area (Å²) in [6.07, 6.45) is 3.96. The molecule has 1 aliphatic heterocycles. The van der Waals surface area contributed by atoms with Gasteiger partial charge < -0.3 is 10.1 Å². The van der Waals surface area contributed by atoms with E-state index in [2.05, 4.69) is 26.1 Å². The van der Waals surface area contributed by atoms with E-state index in [0.717, 1.165) is 19.1 Å². The minimum atomic E-state index is 0.472. The Labute approximate surface area is 88.4 Å². The first kappa shape index (κ1) is 12.0. The Morgan fingerprint density at radius 3 is 2.64 bits per heavy atom. The molecule has 1 fully saturated rings. The zero-order valence-electron chi connectivity index (χ0n) is 10.1. The van der Waals surface area contributed by atoms with Gasteiger partial charge in [-0.2, -0.15) is 0 Å². The molecule has 0 amide bonds. The molecular formula is C12H25NO. The monoisotopic (exact) mass is 199 g/mol. The third-order valence-corrected chi connectivity index (χ3v) is 2.87. The number of ether oxygens (including phenoxy) is 1. The Hall–Kier alpha value is -0.0800. The average Bonchev–Trinajstić information content (AvgIpc) is 2.02. The summed E-state index contributed by atoms with van der Waals surface area (Å²) in [6.45, 7) is 9.02. The molecule has 14 heavy (non-hydrogen) atoms. The first-order valence-corrected chi connectivity index (χ1v) is 5.73. The molecule has 0 spiro atoms. The van der Waals surface area contributed by atoms with Crippen LogP contribution < -0.4 is 5.32 Å². The molecule has 0 radical (unpaired) electrons. The maximum absolute atomic E-state index is 5.20. The predicted octanol–water partition coefficient (Wildman–Crippen LogP) is 2.44. The zero-order valence-corrected chi connectivity index (χ0v) is 10.1. The molecule has 1 saturated heterocycles. The summed E-state index contributed by atoms with van der Waals surface area (Å²) >= 11 is 0. The van der Waals surface area contributed by atoms with E-state index in [1.54, 1.807) is 7.11 Å². The van der Waals surface area contributed by atoms with E-state index < -0.39 is 0 Å². The molecule has 2 unspecified atom stereocenters. The summed E-state index contributed by atoms with van der Waals surface area (Å²) in [5, 5.41) is 3.51. The van der Waals surface area contributed by atoms with Crippen molar-refractivity contribution in [3.63, 3.8) is 0 Å². The lowest BCUT2D eigenvalue weighted by molar-refractivity contribution is 0.127.